The normalized spacial score (nSPS) is 19.0. The van der Waals surface area contributed by atoms with E-state index in [1.54, 1.807) is 29.2 Å². The van der Waals surface area contributed by atoms with Gasteiger partial charge in [0.05, 0.1) is 13.2 Å². The minimum Gasteiger partial charge on any atom is -0.370 e. The number of halogens is 3. The minimum atomic E-state index is -4.40. The van der Waals surface area contributed by atoms with E-state index in [2.05, 4.69) is 5.32 Å². The molecule has 3 N–H and O–H groups in total. The lowest BCUT2D eigenvalue weighted by Gasteiger charge is -2.30. The molecule has 0 spiro atoms. The van der Waals surface area contributed by atoms with E-state index in [4.69, 9.17) is 10.5 Å². The minimum absolute atomic E-state index is 0.0207. The van der Waals surface area contributed by atoms with Crippen LogP contribution in [0.1, 0.15) is 12.8 Å². The van der Waals surface area contributed by atoms with Crippen LogP contribution in [0, 0.1) is 0 Å². The molecular weight excluding hydrogens is 377 g/mol. The largest absolute Gasteiger partial charge is 0.401 e. The van der Waals surface area contributed by atoms with E-state index >= 15 is 0 Å². The Morgan fingerprint density at radius 2 is 2.00 bits per heavy atom. The van der Waals surface area contributed by atoms with Gasteiger partial charge in [-0.3, -0.25) is 14.5 Å². The first-order chi connectivity index (χ1) is 13.3. The number of amides is 2. The van der Waals surface area contributed by atoms with Gasteiger partial charge in [-0.2, -0.15) is 13.2 Å². The molecule has 1 heterocycles. The van der Waals surface area contributed by atoms with Crippen LogP contribution in [-0.4, -0.2) is 67.8 Å². The predicted molar refractivity (Wildman–Crippen MR) is 96.9 cm³/mol. The summed E-state index contributed by atoms with van der Waals surface area (Å²) in [6, 6.07) is 5.23. The molecule has 1 atom stereocenters. The van der Waals surface area contributed by atoms with Crippen molar-refractivity contribution in [1.29, 1.82) is 0 Å². The van der Waals surface area contributed by atoms with Crippen molar-refractivity contribution in [3.8, 4) is 0 Å². The summed E-state index contributed by atoms with van der Waals surface area (Å²) in [7, 11) is 0. The van der Waals surface area contributed by atoms with Crippen molar-refractivity contribution in [3.63, 3.8) is 0 Å². The fraction of sp³-hybridized carbons (Fsp3) is 0.556. The van der Waals surface area contributed by atoms with Crippen LogP contribution in [0.15, 0.2) is 24.3 Å². The average Bonchev–Trinajstić information content (AvgIpc) is 3.47. The van der Waals surface area contributed by atoms with E-state index < -0.39 is 24.7 Å². The van der Waals surface area contributed by atoms with Gasteiger partial charge in [0.25, 0.3) is 5.91 Å². The van der Waals surface area contributed by atoms with Crippen LogP contribution in [0.2, 0.25) is 0 Å². The van der Waals surface area contributed by atoms with Crippen molar-refractivity contribution >= 4 is 23.2 Å². The standard InChI is InChI=1S/C18H23F3N4O3/c19-18(20,21)11-25(14-5-6-14)15(9-22)17(27)23-12-1-3-13(4-2-12)24-7-8-28-10-16(24)26/h1-4,14-15H,5-11,22H2,(H,23,27)/t15-/m1/s1. The van der Waals surface area contributed by atoms with Gasteiger partial charge in [0, 0.05) is 30.5 Å². The molecule has 1 saturated carbocycles. The summed E-state index contributed by atoms with van der Waals surface area (Å²) >= 11 is 0. The van der Waals surface area contributed by atoms with Gasteiger partial charge in [0.15, 0.2) is 0 Å². The van der Waals surface area contributed by atoms with E-state index in [0.29, 0.717) is 37.4 Å². The van der Waals surface area contributed by atoms with Crippen LogP contribution in [0.5, 0.6) is 0 Å². The fourth-order valence-corrected chi connectivity index (χ4v) is 3.24. The molecular formula is C18H23F3N4O3. The molecule has 154 valence electrons. The number of carbonyl (C=O) groups is 2. The summed E-state index contributed by atoms with van der Waals surface area (Å²) < 4.78 is 43.7. The number of alkyl halides is 3. The molecule has 0 aromatic heterocycles. The number of nitrogens with zero attached hydrogens (tertiary/aromatic N) is 2. The maximum atomic E-state index is 12.9. The number of carbonyl (C=O) groups excluding carboxylic acids is 2. The molecule has 28 heavy (non-hydrogen) atoms. The third-order valence-electron chi connectivity index (χ3n) is 4.74. The van der Waals surface area contributed by atoms with E-state index in [1.165, 1.54) is 0 Å². The lowest BCUT2D eigenvalue weighted by atomic mass is 10.2. The van der Waals surface area contributed by atoms with Crippen molar-refractivity contribution in [3.05, 3.63) is 24.3 Å². The second kappa shape index (κ2) is 8.46. The number of benzene rings is 1. The highest BCUT2D eigenvalue weighted by Crippen LogP contribution is 2.32. The predicted octanol–water partition coefficient (Wildman–Crippen LogP) is 1.34. The molecule has 1 aromatic carbocycles. The molecule has 1 aliphatic heterocycles. The zero-order chi connectivity index (χ0) is 20.3. The van der Waals surface area contributed by atoms with Gasteiger partial charge in [-0.1, -0.05) is 0 Å². The number of hydrogen-bond acceptors (Lipinski definition) is 5. The Hall–Kier alpha value is -2.17. The number of morpholine rings is 1. The molecule has 3 rings (SSSR count). The van der Waals surface area contributed by atoms with Gasteiger partial charge >= 0.3 is 6.18 Å². The Morgan fingerprint density at radius 3 is 2.54 bits per heavy atom. The Labute approximate surface area is 160 Å². The third-order valence-corrected chi connectivity index (χ3v) is 4.74. The fourth-order valence-electron chi connectivity index (χ4n) is 3.24. The Bertz CT molecular complexity index is 707. The maximum Gasteiger partial charge on any atom is 0.401 e. The summed E-state index contributed by atoms with van der Waals surface area (Å²) in [5.41, 5.74) is 6.72. The van der Waals surface area contributed by atoms with Crippen molar-refractivity contribution in [2.75, 3.05) is 43.1 Å². The summed E-state index contributed by atoms with van der Waals surface area (Å²) in [5, 5.41) is 2.63. The highest BCUT2D eigenvalue weighted by molar-refractivity contribution is 5.97. The molecule has 1 aromatic rings. The quantitative estimate of drug-likeness (QED) is 0.721. The highest BCUT2D eigenvalue weighted by Gasteiger charge is 2.43. The number of rotatable bonds is 7. The van der Waals surface area contributed by atoms with Crippen molar-refractivity contribution in [2.24, 2.45) is 5.73 Å². The van der Waals surface area contributed by atoms with E-state index in [9.17, 15) is 22.8 Å². The van der Waals surface area contributed by atoms with E-state index in [0.717, 1.165) is 4.90 Å². The number of hydrogen-bond donors (Lipinski definition) is 2. The summed E-state index contributed by atoms with van der Waals surface area (Å²) in [4.78, 5) is 27.1. The van der Waals surface area contributed by atoms with Gasteiger partial charge in [-0.05, 0) is 37.1 Å². The second-order valence-corrected chi connectivity index (χ2v) is 6.90. The van der Waals surface area contributed by atoms with Crippen LogP contribution in [0.25, 0.3) is 0 Å². The third kappa shape index (κ3) is 5.21. The van der Waals surface area contributed by atoms with E-state index in [-0.39, 0.29) is 25.1 Å². The Kier molecular flexibility index (Phi) is 6.21. The smallest absolute Gasteiger partial charge is 0.370 e. The van der Waals surface area contributed by atoms with Crippen molar-refractivity contribution < 1.29 is 27.5 Å². The van der Waals surface area contributed by atoms with Gasteiger partial charge < -0.3 is 20.7 Å². The molecule has 2 amide bonds. The molecule has 2 fully saturated rings. The zero-order valence-corrected chi connectivity index (χ0v) is 15.2. The van der Waals surface area contributed by atoms with Crippen molar-refractivity contribution in [2.45, 2.75) is 31.1 Å². The van der Waals surface area contributed by atoms with Crippen molar-refractivity contribution in [1.82, 2.24) is 4.90 Å². The zero-order valence-electron chi connectivity index (χ0n) is 15.2. The first kappa shape index (κ1) is 20.6. The lowest BCUT2D eigenvalue weighted by Crippen LogP contribution is -2.52. The van der Waals surface area contributed by atoms with Gasteiger partial charge in [-0.25, -0.2) is 0 Å². The monoisotopic (exact) mass is 400 g/mol. The van der Waals surface area contributed by atoms with Crippen LogP contribution in [0.3, 0.4) is 0 Å². The highest BCUT2D eigenvalue weighted by atomic mass is 19.4. The Morgan fingerprint density at radius 1 is 1.32 bits per heavy atom. The van der Waals surface area contributed by atoms with Crippen LogP contribution < -0.4 is 16.0 Å². The van der Waals surface area contributed by atoms with Gasteiger partial charge in [-0.15, -0.1) is 0 Å². The van der Waals surface area contributed by atoms with Gasteiger partial charge in [0.2, 0.25) is 5.91 Å². The second-order valence-electron chi connectivity index (χ2n) is 6.90. The molecule has 7 nitrogen and oxygen atoms in total. The topological polar surface area (TPSA) is 87.9 Å². The first-order valence-electron chi connectivity index (χ1n) is 9.10. The summed E-state index contributed by atoms with van der Waals surface area (Å²) in [6.45, 7) is -0.469. The summed E-state index contributed by atoms with van der Waals surface area (Å²) in [5.74, 6) is -0.729. The molecule has 0 bridgehead atoms. The Balaban J connectivity index is 1.66. The van der Waals surface area contributed by atoms with Crippen LogP contribution in [0.4, 0.5) is 24.5 Å². The molecule has 2 aliphatic rings. The molecule has 1 saturated heterocycles. The van der Waals surface area contributed by atoms with Crippen LogP contribution in [-0.2, 0) is 14.3 Å². The number of nitrogens with two attached hydrogens (primary N) is 1. The van der Waals surface area contributed by atoms with Gasteiger partial charge in [0.1, 0.15) is 12.6 Å². The average molecular weight is 400 g/mol. The number of ether oxygens (including phenoxy) is 1. The maximum absolute atomic E-state index is 12.9. The van der Waals surface area contributed by atoms with E-state index in [1.807, 2.05) is 0 Å². The molecule has 10 heteroatoms. The summed E-state index contributed by atoms with van der Waals surface area (Å²) in [6.07, 6.45) is -3.15. The molecule has 0 radical (unpaired) electrons. The number of nitrogens with one attached hydrogen (secondary N) is 1. The SMILES string of the molecule is NC[C@H](C(=O)Nc1ccc(N2CCOCC2=O)cc1)N(CC(F)(F)F)C1CC1. The lowest BCUT2D eigenvalue weighted by molar-refractivity contribution is -0.154. The molecule has 0 unspecified atom stereocenters. The molecule has 1 aliphatic carbocycles. The first-order valence-corrected chi connectivity index (χ1v) is 9.10. The number of anilines is 2. The van der Waals surface area contributed by atoms with Crippen LogP contribution >= 0.6 is 0 Å².